The van der Waals surface area contributed by atoms with Crippen LogP contribution in [0.3, 0.4) is 0 Å². The number of nitrogens with zero attached hydrogens (tertiary/aromatic N) is 6. The molecule has 26 nitrogen and oxygen atoms in total. The third kappa shape index (κ3) is 30.4. The smallest absolute Gasteiger partial charge is 0.480 e. The number of carboxylic acid groups (broad SMARTS) is 2. The predicted octanol–water partition coefficient (Wildman–Crippen LogP) is 10.1. The van der Waals surface area contributed by atoms with Gasteiger partial charge in [-0.15, -0.1) is 0 Å². The van der Waals surface area contributed by atoms with E-state index in [-0.39, 0.29) is 74.4 Å². The largest absolute Gasteiger partial charge is 0.490 e. The number of carbonyl (C=O) groups is 11. The van der Waals surface area contributed by atoms with Crippen LogP contribution in [0, 0.1) is 34.1 Å². The van der Waals surface area contributed by atoms with Crippen molar-refractivity contribution < 1.29 is 109 Å². The minimum atomic E-state index is -5.08. The number of aromatic nitrogens is 2. The van der Waals surface area contributed by atoms with Crippen LogP contribution in [-0.4, -0.2) is 206 Å². The van der Waals surface area contributed by atoms with Gasteiger partial charge >= 0.3 is 24.2 Å². The van der Waals surface area contributed by atoms with Crippen LogP contribution < -0.4 is 22.1 Å². The summed E-state index contributed by atoms with van der Waals surface area (Å²) in [5.41, 5.74) is 14.6. The Morgan fingerprint density at radius 1 is 0.578 bits per heavy atom. The number of aliphatic carboxylic acids is 2. The maximum absolute atomic E-state index is 15.0. The first kappa shape index (κ1) is 95.8. The number of alkyl carbamates (subject to hydrolysis) is 1. The molecule has 630 valence electrons. The van der Waals surface area contributed by atoms with Crippen molar-refractivity contribution in [3.05, 3.63) is 192 Å². The molecule has 0 bridgehead atoms. The number of nitrogens with two attached hydrogens (primary N) is 2. The molecule has 0 fully saturated rings. The zero-order valence-electron chi connectivity index (χ0n) is 66.3. The van der Waals surface area contributed by atoms with E-state index in [0.717, 1.165) is 69.5 Å². The van der Waals surface area contributed by atoms with Crippen LogP contribution in [0.25, 0.3) is 22.3 Å². The van der Waals surface area contributed by atoms with Crippen molar-refractivity contribution in [1.82, 2.24) is 39.4 Å². The Morgan fingerprint density at radius 2 is 0.974 bits per heavy atom. The van der Waals surface area contributed by atoms with Gasteiger partial charge in [0.15, 0.2) is 11.6 Å². The molecule has 8 rings (SSSR count). The second-order valence-corrected chi connectivity index (χ2v) is 36.5. The lowest BCUT2D eigenvalue weighted by molar-refractivity contribution is -0.192. The lowest BCUT2D eigenvalue weighted by atomic mass is 9.82. The molecular formula is C82H103F7N10O16Si. The number of amides is 7. The summed E-state index contributed by atoms with van der Waals surface area (Å²) < 4.78 is 99.1. The van der Waals surface area contributed by atoms with Gasteiger partial charge in [0.2, 0.25) is 11.8 Å². The number of aliphatic hydroxyl groups is 2. The number of rotatable bonds is 36. The highest BCUT2D eigenvalue weighted by Crippen LogP contribution is 2.43. The summed E-state index contributed by atoms with van der Waals surface area (Å²) in [4.78, 5) is 134. The number of carboxylic acids is 2. The van der Waals surface area contributed by atoms with E-state index in [1.54, 1.807) is 29.4 Å². The third-order valence-corrected chi connectivity index (χ3v) is 19.8. The van der Waals surface area contributed by atoms with Gasteiger partial charge in [-0.25, -0.2) is 31.9 Å². The van der Waals surface area contributed by atoms with Crippen molar-refractivity contribution in [3.8, 4) is 22.3 Å². The highest BCUT2D eigenvalue weighted by atomic mass is 28.3. The molecule has 10 N–H and O–H groups in total. The number of hydrogen-bond donors (Lipinski definition) is 8. The van der Waals surface area contributed by atoms with Gasteiger partial charge in [-0.3, -0.25) is 48.2 Å². The van der Waals surface area contributed by atoms with Crippen molar-refractivity contribution in [2.24, 2.45) is 22.3 Å². The number of imide groups is 2. The van der Waals surface area contributed by atoms with Crippen molar-refractivity contribution >= 4 is 73.1 Å². The Kier molecular flexibility index (Phi) is 36.6. The lowest BCUT2D eigenvalue weighted by Crippen LogP contribution is -2.48. The Hall–Kier alpha value is -10.8. The average molecular weight is 1650 g/mol. The van der Waals surface area contributed by atoms with Crippen molar-refractivity contribution in [1.29, 1.82) is 0 Å². The topological polar surface area (TPSA) is 377 Å². The molecule has 2 aliphatic rings. The minimum Gasteiger partial charge on any atom is -0.480 e. The van der Waals surface area contributed by atoms with Crippen molar-refractivity contribution in [2.45, 2.75) is 149 Å². The maximum Gasteiger partial charge on any atom is 0.490 e. The number of ether oxygens (including phenoxy) is 1. The summed E-state index contributed by atoms with van der Waals surface area (Å²) in [6.45, 7) is 18.3. The molecule has 34 heteroatoms. The summed E-state index contributed by atoms with van der Waals surface area (Å²) >= 11 is 0. The number of carbonyl (C=O) groups excluding carboxylic acids is 9. The average Bonchev–Trinajstić information content (AvgIpc) is 1.61. The van der Waals surface area contributed by atoms with Crippen LogP contribution in [0.4, 0.5) is 35.5 Å². The van der Waals surface area contributed by atoms with E-state index in [9.17, 15) is 94.0 Å². The van der Waals surface area contributed by atoms with Gasteiger partial charge in [0.1, 0.15) is 42.5 Å². The van der Waals surface area contributed by atoms with Crippen molar-refractivity contribution in [2.75, 3.05) is 65.6 Å². The molecule has 2 aromatic heterocycles. The molecule has 0 saturated carbocycles. The fourth-order valence-corrected chi connectivity index (χ4v) is 13.2. The van der Waals surface area contributed by atoms with Crippen LogP contribution in [0.5, 0.6) is 0 Å². The van der Waals surface area contributed by atoms with Gasteiger partial charge in [0.25, 0.3) is 23.6 Å². The summed E-state index contributed by atoms with van der Waals surface area (Å²) in [5.74, 6) is -9.76. The van der Waals surface area contributed by atoms with E-state index in [1.807, 2.05) is 111 Å². The monoisotopic (exact) mass is 1640 g/mol. The molecule has 0 radical (unpaired) electrons. The zero-order chi connectivity index (χ0) is 86.6. The van der Waals surface area contributed by atoms with Gasteiger partial charge in [0.05, 0.1) is 31.8 Å². The minimum absolute atomic E-state index is 0.0449. The predicted molar refractivity (Wildman–Crippen MR) is 420 cm³/mol. The van der Waals surface area contributed by atoms with Crippen molar-refractivity contribution in [3.63, 3.8) is 0 Å². The van der Waals surface area contributed by atoms with E-state index in [0.29, 0.717) is 87.0 Å². The first-order chi connectivity index (χ1) is 54.4. The van der Waals surface area contributed by atoms with Crippen LogP contribution in [-0.2, 0) is 65.8 Å². The SMILES string of the molecule is CC(C)(C)[C@H](c1cc(-c2cc(F)ccc2F)cn1Cc1ccccc1)N(CC[C@H](N)CNCCCC(=O)CN1C(=O)C=CC1=O)C(=O)CO.CC(C)(C)[C@H](c1cc(-c2cc(F)ccc2F)cn1Cc1ccccc1)N(CC[C@H](NC(=O)OCC[Si](C)(C)C)C(=O)O)C(=O)CO.NCCCC(=O)CN1C(=O)C=CC1=O.O=C(O)C(F)(F)F. The van der Waals surface area contributed by atoms with E-state index < -0.39 is 133 Å². The lowest BCUT2D eigenvalue weighted by Gasteiger charge is -2.41. The van der Waals surface area contributed by atoms with Crippen LogP contribution in [0.2, 0.25) is 25.7 Å². The van der Waals surface area contributed by atoms with Gasteiger partial charge in [-0.05, 0) is 115 Å². The van der Waals surface area contributed by atoms with Gasteiger partial charge in [-0.1, -0.05) is 122 Å². The molecule has 4 aromatic carbocycles. The first-order valence-corrected chi connectivity index (χ1v) is 41.0. The number of hydrogen-bond acceptors (Lipinski definition) is 17. The van der Waals surface area contributed by atoms with E-state index in [2.05, 4.69) is 30.3 Å². The zero-order valence-corrected chi connectivity index (χ0v) is 67.3. The fraction of sp³-hybridized carbons (Fsp3) is 0.427. The number of nitrogens with one attached hydrogen (secondary N) is 2. The molecule has 116 heavy (non-hydrogen) atoms. The Bertz CT molecular complexity index is 4410. The molecule has 6 aromatic rings. The molecule has 4 atom stereocenters. The Morgan fingerprint density at radius 3 is 1.34 bits per heavy atom. The molecular weight excluding hydrogens is 1540 g/mol. The Labute approximate surface area is 669 Å². The van der Waals surface area contributed by atoms with Gasteiger partial charge < -0.3 is 66.2 Å². The highest BCUT2D eigenvalue weighted by Gasteiger charge is 2.41. The number of aliphatic hydroxyl groups excluding tert-OH is 2. The second-order valence-electron chi connectivity index (χ2n) is 30.9. The molecule has 7 amide bonds. The number of alkyl halides is 3. The fourth-order valence-electron chi connectivity index (χ4n) is 12.4. The summed E-state index contributed by atoms with van der Waals surface area (Å²) in [6, 6.07) is 26.8. The van der Waals surface area contributed by atoms with Gasteiger partial charge in [0, 0.05) is 130 Å². The quantitative estimate of drug-likeness (QED) is 0.00784. The number of ketones is 2. The number of Topliss-reactive ketones (excluding diaryl/α,β-unsaturated/α-hetero) is 2. The number of halogens is 7. The summed E-state index contributed by atoms with van der Waals surface area (Å²) in [6.07, 6.45) is 3.92. The molecule has 0 unspecified atom stereocenters. The molecule has 0 aliphatic carbocycles. The number of benzene rings is 4. The van der Waals surface area contributed by atoms with Crippen LogP contribution in [0.1, 0.15) is 115 Å². The summed E-state index contributed by atoms with van der Waals surface area (Å²) in [7, 11) is -1.48. The van der Waals surface area contributed by atoms with Crippen LogP contribution in [0.15, 0.2) is 146 Å². The summed E-state index contributed by atoms with van der Waals surface area (Å²) in [5, 5.41) is 42.7. The maximum atomic E-state index is 15.0. The van der Waals surface area contributed by atoms with E-state index >= 15 is 0 Å². The first-order valence-electron chi connectivity index (χ1n) is 37.3. The normalized spacial score (nSPS) is 13.8. The second kappa shape index (κ2) is 44.4. The highest BCUT2D eigenvalue weighted by molar-refractivity contribution is 6.76. The Balaban J connectivity index is 0.000000331. The molecule has 2 aliphatic heterocycles. The van der Waals surface area contributed by atoms with E-state index in [4.69, 9.17) is 26.1 Å². The molecule has 0 spiro atoms. The third-order valence-electron chi connectivity index (χ3n) is 18.1. The molecule has 0 saturated heterocycles. The van der Waals surface area contributed by atoms with Crippen LogP contribution >= 0.6 is 0 Å². The molecule has 4 heterocycles. The standard InChI is InChI=1S/C37H45F2N5O5.C34H45F2N3O6Si.C9H12N2O3.C2HF3O2/c1-37(2,3)36(32-18-26(30-19-27(38)11-12-31(30)39)22-42(32)21-25-8-5-4-6-9-25)43(35(49)24-45)17-15-28(40)20-41-16-7-10-29(46)23-44-33(47)13-14-34(44)48;1-34(2,3)31(39(30(41)22-40)15-14-28(32(42)43)37-33(44)45-16-17-46(4,5)6)29-18-24(26-19-25(35)12-13-27(26)36)21-38(29)20-23-10-8-7-9-11-23;10-5-1-2-7(12)6-11-8(13)3-4-9(11)14;3-2(4,5)1(6)7/h4-6,8-9,11-14,18-19,22,28,36,41,45H,7,10,15-17,20-21,23-24,40H2,1-3H3;7-13,18-19,21,28,31,40H,14-17,20,22H2,1-6H3,(H,37,44)(H,42,43);3-4H,1-2,5-6,10H2;(H,6,7)/t28-,36-;28-,31-;;/m00../s1. The van der Waals surface area contributed by atoms with Gasteiger partial charge in [-0.2, -0.15) is 13.2 Å². The van der Waals surface area contributed by atoms with E-state index in [1.165, 1.54) is 17.1 Å².